The number of benzene rings is 1. The van der Waals surface area contributed by atoms with Gasteiger partial charge in [-0.2, -0.15) is 0 Å². The first-order valence-electron chi connectivity index (χ1n) is 7.70. The molecule has 0 spiro atoms. The average molecular weight is 291 g/mol. The highest BCUT2D eigenvalue weighted by atomic mass is 16.5. The molecule has 0 aliphatic heterocycles. The summed E-state index contributed by atoms with van der Waals surface area (Å²) in [5.74, 6) is 1.13. The summed E-state index contributed by atoms with van der Waals surface area (Å²) < 4.78 is 5.36. The molecule has 5 nitrogen and oxygen atoms in total. The molecule has 1 saturated carbocycles. The van der Waals surface area contributed by atoms with Gasteiger partial charge in [0.1, 0.15) is 0 Å². The Bertz CT molecular complexity index is 482. The zero-order valence-electron chi connectivity index (χ0n) is 12.6. The van der Waals surface area contributed by atoms with Crippen molar-refractivity contribution in [2.45, 2.75) is 51.6 Å². The third kappa shape index (κ3) is 4.85. The van der Waals surface area contributed by atoms with E-state index in [2.05, 4.69) is 10.3 Å². The second-order valence-corrected chi connectivity index (χ2v) is 5.42. The van der Waals surface area contributed by atoms with Crippen molar-refractivity contribution in [3.05, 3.63) is 23.8 Å². The van der Waals surface area contributed by atoms with Gasteiger partial charge in [-0.05, 0) is 37.5 Å². The number of hydrogen-bond donors (Lipinski definition) is 3. The van der Waals surface area contributed by atoms with Crippen molar-refractivity contribution in [1.82, 2.24) is 5.32 Å². The van der Waals surface area contributed by atoms with E-state index in [1.165, 1.54) is 32.1 Å². The lowest BCUT2D eigenvalue weighted by Crippen LogP contribution is -2.41. The Labute approximate surface area is 126 Å². The van der Waals surface area contributed by atoms with Gasteiger partial charge in [-0.25, -0.2) is 4.99 Å². The van der Waals surface area contributed by atoms with Gasteiger partial charge in [-0.1, -0.05) is 25.3 Å². The molecule has 0 saturated heterocycles. The van der Waals surface area contributed by atoms with E-state index in [-0.39, 0.29) is 5.75 Å². The molecule has 116 valence electrons. The van der Waals surface area contributed by atoms with E-state index in [0.29, 0.717) is 30.9 Å². The van der Waals surface area contributed by atoms with Crippen LogP contribution in [-0.4, -0.2) is 23.7 Å². The largest absolute Gasteiger partial charge is 0.504 e. The van der Waals surface area contributed by atoms with Crippen molar-refractivity contribution < 1.29 is 9.84 Å². The first-order valence-corrected chi connectivity index (χ1v) is 7.70. The number of phenols is 1. The van der Waals surface area contributed by atoms with Gasteiger partial charge in [0.05, 0.1) is 13.2 Å². The molecule has 0 bridgehead atoms. The molecule has 5 heteroatoms. The summed E-state index contributed by atoms with van der Waals surface area (Å²) in [6.07, 6.45) is 6.19. The molecular weight excluding hydrogens is 266 g/mol. The van der Waals surface area contributed by atoms with E-state index >= 15 is 0 Å². The Morgan fingerprint density at radius 2 is 2.14 bits per heavy atom. The van der Waals surface area contributed by atoms with Crippen molar-refractivity contribution in [2.24, 2.45) is 10.7 Å². The SMILES string of the molecule is CCOc1cc(CN=C(N)NC2CCCCC2)ccc1O. The van der Waals surface area contributed by atoms with E-state index in [0.717, 1.165) is 5.56 Å². The molecule has 0 amide bonds. The summed E-state index contributed by atoms with van der Waals surface area (Å²) in [5, 5.41) is 12.9. The van der Waals surface area contributed by atoms with Crippen LogP contribution in [-0.2, 0) is 6.54 Å². The van der Waals surface area contributed by atoms with Gasteiger partial charge >= 0.3 is 0 Å². The smallest absolute Gasteiger partial charge is 0.189 e. The lowest BCUT2D eigenvalue weighted by atomic mass is 9.96. The van der Waals surface area contributed by atoms with Crippen LogP contribution in [0.3, 0.4) is 0 Å². The minimum atomic E-state index is 0.151. The third-order valence-corrected chi connectivity index (χ3v) is 3.71. The van der Waals surface area contributed by atoms with Crippen molar-refractivity contribution in [1.29, 1.82) is 0 Å². The molecule has 1 aliphatic carbocycles. The van der Waals surface area contributed by atoms with Crippen LogP contribution in [0, 0.1) is 0 Å². The molecular formula is C16H25N3O2. The van der Waals surface area contributed by atoms with Gasteiger partial charge < -0.3 is 20.9 Å². The summed E-state index contributed by atoms with van der Waals surface area (Å²) in [4.78, 5) is 4.37. The number of nitrogens with one attached hydrogen (secondary N) is 1. The first kappa shape index (κ1) is 15.5. The van der Waals surface area contributed by atoms with Crippen molar-refractivity contribution in [3.63, 3.8) is 0 Å². The Kier molecular flexibility index (Phi) is 5.72. The van der Waals surface area contributed by atoms with Crippen LogP contribution >= 0.6 is 0 Å². The maximum Gasteiger partial charge on any atom is 0.189 e. The molecule has 0 atom stereocenters. The summed E-state index contributed by atoms with van der Waals surface area (Å²) >= 11 is 0. The van der Waals surface area contributed by atoms with Crippen molar-refractivity contribution in [2.75, 3.05) is 6.61 Å². The molecule has 21 heavy (non-hydrogen) atoms. The number of guanidine groups is 1. The number of hydrogen-bond acceptors (Lipinski definition) is 3. The highest BCUT2D eigenvalue weighted by Crippen LogP contribution is 2.27. The fraction of sp³-hybridized carbons (Fsp3) is 0.562. The molecule has 0 unspecified atom stereocenters. The Morgan fingerprint density at radius 3 is 2.86 bits per heavy atom. The van der Waals surface area contributed by atoms with Crippen LogP contribution in [0.15, 0.2) is 23.2 Å². The molecule has 2 rings (SSSR count). The van der Waals surface area contributed by atoms with Crippen LogP contribution in [0.4, 0.5) is 0 Å². The van der Waals surface area contributed by atoms with E-state index in [4.69, 9.17) is 10.5 Å². The molecule has 1 aliphatic rings. The number of aromatic hydroxyl groups is 1. The predicted octanol–water partition coefficient (Wildman–Crippen LogP) is 2.53. The van der Waals surface area contributed by atoms with Gasteiger partial charge in [-0.3, -0.25) is 0 Å². The van der Waals surface area contributed by atoms with E-state index in [1.54, 1.807) is 12.1 Å². The zero-order chi connectivity index (χ0) is 15.1. The molecule has 1 aromatic carbocycles. The molecule has 1 aromatic rings. The van der Waals surface area contributed by atoms with Crippen molar-refractivity contribution in [3.8, 4) is 11.5 Å². The standard InChI is InChI=1S/C16H25N3O2/c1-2-21-15-10-12(8-9-14(15)20)11-18-16(17)19-13-6-4-3-5-7-13/h8-10,13,20H,2-7,11H2,1H3,(H3,17,18,19). The molecule has 0 radical (unpaired) electrons. The van der Waals surface area contributed by atoms with Crippen LogP contribution in [0.2, 0.25) is 0 Å². The number of rotatable bonds is 5. The number of aliphatic imine (C=N–C) groups is 1. The quantitative estimate of drug-likeness (QED) is 0.575. The zero-order valence-corrected chi connectivity index (χ0v) is 12.6. The predicted molar refractivity (Wildman–Crippen MR) is 84.6 cm³/mol. The summed E-state index contributed by atoms with van der Waals surface area (Å²) in [5.41, 5.74) is 6.90. The van der Waals surface area contributed by atoms with Gasteiger partial charge in [0, 0.05) is 6.04 Å². The molecule has 4 N–H and O–H groups in total. The Balaban J connectivity index is 1.91. The number of nitrogens with zero attached hydrogens (tertiary/aromatic N) is 1. The average Bonchev–Trinajstić information content (AvgIpc) is 2.49. The maximum absolute atomic E-state index is 9.66. The van der Waals surface area contributed by atoms with E-state index < -0.39 is 0 Å². The Hall–Kier alpha value is -1.91. The third-order valence-electron chi connectivity index (χ3n) is 3.71. The lowest BCUT2D eigenvalue weighted by molar-refractivity contribution is 0.318. The number of phenolic OH excluding ortho intramolecular Hbond substituents is 1. The van der Waals surface area contributed by atoms with Crippen molar-refractivity contribution >= 4 is 5.96 Å². The highest BCUT2D eigenvalue weighted by molar-refractivity contribution is 5.78. The van der Waals surface area contributed by atoms with Crippen LogP contribution in [0.1, 0.15) is 44.6 Å². The second kappa shape index (κ2) is 7.76. The van der Waals surface area contributed by atoms with Gasteiger partial charge in [0.2, 0.25) is 0 Å². The molecule has 0 aromatic heterocycles. The number of ether oxygens (including phenoxy) is 1. The molecule has 0 heterocycles. The summed E-state index contributed by atoms with van der Waals surface area (Å²) in [6, 6.07) is 5.72. The second-order valence-electron chi connectivity index (χ2n) is 5.42. The highest BCUT2D eigenvalue weighted by Gasteiger charge is 2.13. The minimum Gasteiger partial charge on any atom is -0.504 e. The fourth-order valence-electron chi connectivity index (χ4n) is 2.61. The normalized spacial score (nSPS) is 16.7. The van der Waals surface area contributed by atoms with E-state index in [9.17, 15) is 5.11 Å². The minimum absolute atomic E-state index is 0.151. The van der Waals surface area contributed by atoms with E-state index in [1.807, 2.05) is 13.0 Å². The van der Waals surface area contributed by atoms with Gasteiger partial charge in [0.15, 0.2) is 17.5 Å². The van der Waals surface area contributed by atoms with Gasteiger partial charge in [-0.15, -0.1) is 0 Å². The summed E-state index contributed by atoms with van der Waals surface area (Å²) in [6.45, 7) is 2.88. The first-order chi connectivity index (χ1) is 10.2. The lowest BCUT2D eigenvalue weighted by Gasteiger charge is -2.23. The summed E-state index contributed by atoms with van der Waals surface area (Å²) in [7, 11) is 0. The topological polar surface area (TPSA) is 79.9 Å². The monoisotopic (exact) mass is 291 g/mol. The Morgan fingerprint density at radius 1 is 1.38 bits per heavy atom. The number of nitrogens with two attached hydrogens (primary N) is 1. The maximum atomic E-state index is 9.66. The van der Waals surface area contributed by atoms with Crippen LogP contribution in [0.5, 0.6) is 11.5 Å². The molecule has 1 fully saturated rings. The van der Waals surface area contributed by atoms with Crippen LogP contribution < -0.4 is 15.8 Å². The van der Waals surface area contributed by atoms with Crippen LogP contribution in [0.25, 0.3) is 0 Å². The van der Waals surface area contributed by atoms with Gasteiger partial charge in [0.25, 0.3) is 0 Å². The fourth-order valence-corrected chi connectivity index (χ4v) is 2.61.